The molecule has 7 nitrogen and oxygen atoms in total. The summed E-state index contributed by atoms with van der Waals surface area (Å²) in [4.78, 5) is 25.8. The van der Waals surface area contributed by atoms with E-state index in [4.69, 9.17) is 9.47 Å². The molecule has 1 N–H and O–H groups in total. The molecule has 0 unspecified atom stereocenters. The van der Waals surface area contributed by atoms with Gasteiger partial charge in [-0.1, -0.05) is 6.07 Å². The number of thiophene rings is 1. The number of ketones is 1. The lowest BCUT2D eigenvalue weighted by molar-refractivity contribution is 0.0475. The molecule has 1 heterocycles. The fourth-order valence-corrected chi connectivity index (χ4v) is 4.43. The van der Waals surface area contributed by atoms with E-state index in [0.29, 0.717) is 16.3 Å². The molecule has 3 aromatic rings. The summed E-state index contributed by atoms with van der Waals surface area (Å²) in [7, 11) is -2.41. The summed E-state index contributed by atoms with van der Waals surface area (Å²) in [6.07, 6.45) is 0. The van der Waals surface area contributed by atoms with Crippen LogP contribution < -0.4 is 9.46 Å². The molecule has 0 saturated carbocycles. The molecule has 0 radical (unpaired) electrons. The zero-order valence-corrected chi connectivity index (χ0v) is 17.9. The van der Waals surface area contributed by atoms with Crippen LogP contribution in [0.3, 0.4) is 0 Å². The summed E-state index contributed by atoms with van der Waals surface area (Å²) in [6.45, 7) is 1.46. The maximum Gasteiger partial charge on any atom is 0.338 e. The van der Waals surface area contributed by atoms with E-state index in [1.54, 1.807) is 30.3 Å². The number of benzene rings is 2. The number of ether oxygens (including phenoxy) is 2. The molecule has 0 bridgehead atoms. The Balaban J connectivity index is 1.69. The van der Waals surface area contributed by atoms with Crippen LogP contribution in [0.4, 0.5) is 5.69 Å². The minimum Gasteiger partial charge on any atom is -0.497 e. The Hall–Kier alpha value is -3.17. The molecule has 30 heavy (non-hydrogen) atoms. The number of anilines is 1. The SMILES string of the molecule is COc1ccc(NS(=O)(=O)c2cccc(C(=O)OCC(=O)c3ccc(C)s3)c2)cc1. The van der Waals surface area contributed by atoms with E-state index in [1.807, 2.05) is 13.0 Å². The molecule has 0 aliphatic rings. The zero-order valence-electron chi connectivity index (χ0n) is 16.2. The van der Waals surface area contributed by atoms with Gasteiger partial charge in [-0.25, -0.2) is 13.2 Å². The molecule has 0 atom stereocenters. The van der Waals surface area contributed by atoms with Crippen molar-refractivity contribution in [2.45, 2.75) is 11.8 Å². The summed E-state index contributed by atoms with van der Waals surface area (Å²) < 4.78 is 37.8. The van der Waals surface area contributed by atoms with Gasteiger partial charge in [0.2, 0.25) is 5.78 Å². The van der Waals surface area contributed by atoms with Crippen LogP contribution in [0.5, 0.6) is 5.75 Å². The molecular formula is C21H19NO6S2. The van der Waals surface area contributed by atoms with Gasteiger partial charge in [0.1, 0.15) is 5.75 Å². The van der Waals surface area contributed by atoms with Crippen LogP contribution in [-0.4, -0.2) is 33.9 Å². The summed E-state index contributed by atoms with van der Waals surface area (Å²) >= 11 is 1.32. The van der Waals surface area contributed by atoms with Crippen molar-refractivity contribution in [2.24, 2.45) is 0 Å². The monoisotopic (exact) mass is 445 g/mol. The van der Waals surface area contributed by atoms with E-state index in [1.165, 1.54) is 42.7 Å². The number of aryl methyl sites for hydroxylation is 1. The van der Waals surface area contributed by atoms with E-state index in [2.05, 4.69) is 4.72 Å². The summed E-state index contributed by atoms with van der Waals surface area (Å²) in [5.74, 6) is -0.500. The normalized spacial score (nSPS) is 11.0. The van der Waals surface area contributed by atoms with Crippen LogP contribution in [0.25, 0.3) is 0 Å². The fraction of sp³-hybridized carbons (Fsp3) is 0.143. The molecule has 9 heteroatoms. The Kier molecular flexibility index (Phi) is 6.53. The number of hydrogen-bond acceptors (Lipinski definition) is 7. The van der Waals surface area contributed by atoms with Gasteiger partial charge in [0.15, 0.2) is 6.61 Å². The van der Waals surface area contributed by atoms with Crippen molar-refractivity contribution in [3.05, 3.63) is 76.0 Å². The molecule has 3 rings (SSSR count). The van der Waals surface area contributed by atoms with E-state index in [0.717, 1.165) is 4.88 Å². The van der Waals surface area contributed by atoms with Crippen LogP contribution >= 0.6 is 11.3 Å². The third-order valence-corrected chi connectivity index (χ3v) is 6.49. The second-order valence-corrected chi connectivity index (χ2v) is 9.24. The topological polar surface area (TPSA) is 98.8 Å². The first-order valence-electron chi connectivity index (χ1n) is 8.82. The highest BCUT2D eigenvalue weighted by Gasteiger charge is 2.18. The maximum absolute atomic E-state index is 12.6. The van der Waals surface area contributed by atoms with Crippen LogP contribution in [-0.2, 0) is 14.8 Å². The standard InChI is InChI=1S/C21H19NO6S2/c1-14-6-11-20(29-14)19(23)13-28-21(24)15-4-3-5-18(12-15)30(25,26)22-16-7-9-17(27-2)10-8-16/h3-12,22H,13H2,1-2H3. The molecule has 1 aromatic heterocycles. The first kappa shape index (κ1) is 21.5. The van der Waals surface area contributed by atoms with E-state index in [-0.39, 0.29) is 16.2 Å². The van der Waals surface area contributed by atoms with Gasteiger partial charge in [-0.15, -0.1) is 11.3 Å². The number of Topliss-reactive ketones (excluding diaryl/α,β-unsaturated/α-hetero) is 1. The van der Waals surface area contributed by atoms with Gasteiger partial charge in [0.05, 0.1) is 22.4 Å². The number of carbonyl (C=O) groups excluding carboxylic acids is 2. The van der Waals surface area contributed by atoms with Gasteiger partial charge in [-0.3, -0.25) is 9.52 Å². The van der Waals surface area contributed by atoms with Gasteiger partial charge >= 0.3 is 5.97 Å². The number of hydrogen-bond donors (Lipinski definition) is 1. The third-order valence-electron chi connectivity index (χ3n) is 4.07. The minimum atomic E-state index is -3.92. The third kappa shape index (κ3) is 5.25. The number of methoxy groups -OCH3 is 1. The predicted octanol–water partition coefficient (Wildman–Crippen LogP) is 3.91. The number of nitrogens with one attached hydrogen (secondary N) is 1. The van der Waals surface area contributed by atoms with Crippen LogP contribution in [0.1, 0.15) is 24.9 Å². The fourth-order valence-electron chi connectivity index (χ4n) is 2.53. The lowest BCUT2D eigenvalue weighted by atomic mass is 10.2. The molecule has 0 aliphatic carbocycles. The number of rotatable bonds is 8. The molecule has 0 fully saturated rings. The molecule has 0 aliphatic heterocycles. The van der Waals surface area contributed by atoms with E-state index >= 15 is 0 Å². The lowest BCUT2D eigenvalue weighted by Crippen LogP contribution is -2.16. The van der Waals surface area contributed by atoms with Crippen LogP contribution in [0, 0.1) is 6.92 Å². The molecule has 0 saturated heterocycles. The Morgan fingerprint density at radius 3 is 2.40 bits per heavy atom. The molecular weight excluding hydrogens is 426 g/mol. The number of esters is 1. The van der Waals surface area contributed by atoms with Crippen molar-refractivity contribution in [1.82, 2.24) is 0 Å². The number of carbonyl (C=O) groups is 2. The Labute approximate surface area is 178 Å². The van der Waals surface area contributed by atoms with Gasteiger partial charge < -0.3 is 9.47 Å². The first-order valence-corrected chi connectivity index (χ1v) is 11.1. The van der Waals surface area contributed by atoms with Crippen molar-refractivity contribution in [2.75, 3.05) is 18.4 Å². The van der Waals surface area contributed by atoms with Crippen molar-refractivity contribution < 1.29 is 27.5 Å². The molecule has 0 amide bonds. The summed E-state index contributed by atoms with van der Waals surface area (Å²) in [6, 6.07) is 15.3. The smallest absolute Gasteiger partial charge is 0.338 e. The Morgan fingerprint density at radius 1 is 1.03 bits per heavy atom. The summed E-state index contributed by atoms with van der Waals surface area (Å²) in [5, 5.41) is 0. The minimum absolute atomic E-state index is 0.0303. The Bertz CT molecular complexity index is 1170. The highest BCUT2D eigenvalue weighted by Crippen LogP contribution is 2.20. The van der Waals surface area contributed by atoms with Crippen LogP contribution in [0.15, 0.2) is 65.6 Å². The van der Waals surface area contributed by atoms with Gasteiger partial charge in [0, 0.05) is 10.6 Å². The van der Waals surface area contributed by atoms with Crippen molar-refractivity contribution in [1.29, 1.82) is 0 Å². The highest BCUT2D eigenvalue weighted by atomic mass is 32.2. The van der Waals surface area contributed by atoms with Gasteiger partial charge in [-0.05, 0) is 61.5 Å². The largest absolute Gasteiger partial charge is 0.497 e. The van der Waals surface area contributed by atoms with Crippen molar-refractivity contribution in [3.8, 4) is 5.75 Å². The lowest BCUT2D eigenvalue weighted by Gasteiger charge is -2.10. The molecule has 0 spiro atoms. The summed E-state index contributed by atoms with van der Waals surface area (Å²) in [5.41, 5.74) is 0.378. The highest BCUT2D eigenvalue weighted by molar-refractivity contribution is 7.92. The van der Waals surface area contributed by atoms with E-state index in [9.17, 15) is 18.0 Å². The zero-order chi connectivity index (χ0) is 21.7. The maximum atomic E-state index is 12.6. The average Bonchev–Trinajstić information content (AvgIpc) is 3.18. The van der Waals surface area contributed by atoms with Gasteiger partial charge in [-0.2, -0.15) is 0 Å². The van der Waals surface area contributed by atoms with Crippen molar-refractivity contribution >= 4 is 38.8 Å². The Morgan fingerprint density at radius 2 is 1.77 bits per heavy atom. The predicted molar refractivity (Wildman–Crippen MR) is 114 cm³/mol. The average molecular weight is 446 g/mol. The first-order chi connectivity index (χ1) is 14.3. The molecule has 2 aromatic carbocycles. The van der Waals surface area contributed by atoms with Gasteiger partial charge in [0.25, 0.3) is 10.0 Å². The second kappa shape index (κ2) is 9.10. The van der Waals surface area contributed by atoms with Crippen molar-refractivity contribution in [3.63, 3.8) is 0 Å². The van der Waals surface area contributed by atoms with Crippen LogP contribution in [0.2, 0.25) is 0 Å². The second-order valence-electron chi connectivity index (χ2n) is 6.27. The molecule has 156 valence electrons. The number of sulfonamides is 1. The van der Waals surface area contributed by atoms with E-state index < -0.39 is 22.6 Å². The quantitative estimate of drug-likeness (QED) is 0.417.